The van der Waals surface area contributed by atoms with Crippen molar-refractivity contribution in [2.75, 3.05) is 9.80 Å². The fraction of sp³-hybridized carbons (Fsp3) is 0.238. The number of hydrogen-bond acceptors (Lipinski definition) is 2. The number of aryl methyl sites for hydroxylation is 6. The van der Waals surface area contributed by atoms with Crippen LogP contribution in [0.5, 0.6) is 0 Å². The summed E-state index contributed by atoms with van der Waals surface area (Å²) >= 11 is 0. The molecule has 0 amide bonds. The lowest BCUT2D eigenvalue weighted by Gasteiger charge is -2.54. The van der Waals surface area contributed by atoms with Crippen molar-refractivity contribution in [1.82, 2.24) is 0 Å². The van der Waals surface area contributed by atoms with Crippen LogP contribution >= 0.6 is 0 Å². The number of nitrogens with zero attached hydrogens (tertiary/aromatic N) is 2. The monoisotopic (exact) mass is 846 g/mol. The summed E-state index contributed by atoms with van der Waals surface area (Å²) in [5.74, 6) is 0. The third kappa shape index (κ3) is 6.59. The average Bonchev–Trinajstić information content (AvgIpc) is 3.62. The van der Waals surface area contributed by atoms with Crippen molar-refractivity contribution in [3.63, 3.8) is 0 Å². The van der Waals surface area contributed by atoms with Crippen molar-refractivity contribution in [2.45, 2.75) is 88.5 Å². The zero-order chi connectivity index (χ0) is 45.7. The van der Waals surface area contributed by atoms with Crippen molar-refractivity contribution in [3.05, 3.63) is 202 Å². The zero-order valence-electron chi connectivity index (χ0n) is 40.4. The van der Waals surface area contributed by atoms with Gasteiger partial charge in [-0.15, -0.1) is 0 Å². The molecule has 2 nitrogen and oxygen atoms in total. The molecule has 0 spiro atoms. The highest BCUT2D eigenvalue weighted by Gasteiger charge is 2.59. The Balaban J connectivity index is 1.27. The molecular formula is C63H62N2. The van der Waals surface area contributed by atoms with Crippen LogP contribution in [0, 0.1) is 52.4 Å². The van der Waals surface area contributed by atoms with Gasteiger partial charge in [-0.05, 0) is 190 Å². The van der Waals surface area contributed by atoms with E-state index in [2.05, 4.69) is 251 Å². The maximum absolute atomic E-state index is 2.49. The molecule has 0 aromatic heterocycles. The summed E-state index contributed by atoms with van der Waals surface area (Å²) in [6.07, 6.45) is 0. The quantitative estimate of drug-likeness (QED) is 0.154. The normalized spacial score (nSPS) is 13.4. The van der Waals surface area contributed by atoms with Gasteiger partial charge in [-0.25, -0.2) is 0 Å². The molecule has 0 heterocycles. The van der Waals surface area contributed by atoms with Crippen LogP contribution in [0.4, 0.5) is 34.1 Å². The van der Waals surface area contributed by atoms with Crippen molar-refractivity contribution in [1.29, 1.82) is 0 Å². The van der Waals surface area contributed by atoms with Crippen molar-refractivity contribution in [3.8, 4) is 11.1 Å². The second-order valence-corrected chi connectivity index (χ2v) is 21.1. The second kappa shape index (κ2) is 15.2. The van der Waals surface area contributed by atoms with Crippen LogP contribution < -0.4 is 9.80 Å². The first-order valence-electron chi connectivity index (χ1n) is 23.4. The van der Waals surface area contributed by atoms with E-state index in [0.29, 0.717) is 0 Å². The Morgan fingerprint density at radius 2 is 0.815 bits per heavy atom. The highest BCUT2D eigenvalue weighted by molar-refractivity contribution is 6.20. The maximum Gasteiger partial charge on any atom is 0.0493 e. The zero-order valence-corrected chi connectivity index (χ0v) is 40.4. The first-order chi connectivity index (χ1) is 31.0. The summed E-state index contributed by atoms with van der Waals surface area (Å²) in [6, 6.07) is 60.2. The first-order valence-corrected chi connectivity index (χ1v) is 23.4. The van der Waals surface area contributed by atoms with Gasteiger partial charge in [-0.3, -0.25) is 0 Å². The van der Waals surface area contributed by atoms with Crippen molar-refractivity contribution in [2.24, 2.45) is 10.8 Å². The minimum atomic E-state index is -0.372. The van der Waals surface area contributed by atoms with E-state index in [-0.39, 0.29) is 16.2 Å². The highest BCUT2D eigenvalue weighted by Crippen LogP contribution is 2.68. The number of benzene rings is 9. The standard InChI is InChI=1S/C63H62N2/c1-39-19-26-46(27-20-39)64(56-35-41(3)17-23-43(56)5)48-30-33-50-45(37-48)25-32-54-58-52-16-14-13-15-51(52)55-38-49(31-34-53(55)60(58)63(59(50)54,61(7,8)9)62(10,11)12)65(47-28-21-40(2)22-29-47)57-36-42(4)18-24-44(57)6/h13-38H,1-12H3. The first kappa shape index (κ1) is 42.3. The molecule has 0 radical (unpaired) electrons. The van der Waals surface area contributed by atoms with Crippen LogP contribution in [0.3, 0.4) is 0 Å². The van der Waals surface area contributed by atoms with Gasteiger partial charge in [-0.1, -0.05) is 150 Å². The molecule has 0 saturated carbocycles. The molecule has 0 unspecified atom stereocenters. The molecule has 0 saturated heterocycles. The predicted molar refractivity (Wildman–Crippen MR) is 282 cm³/mol. The number of anilines is 6. The molecule has 9 aromatic rings. The van der Waals surface area contributed by atoms with E-state index in [1.807, 2.05) is 0 Å². The smallest absolute Gasteiger partial charge is 0.0493 e. The van der Waals surface area contributed by atoms with E-state index in [1.54, 1.807) is 0 Å². The molecule has 0 atom stereocenters. The fourth-order valence-corrected chi connectivity index (χ4v) is 12.0. The summed E-state index contributed by atoms with van der Waals surface area (Å²) in [5, 5.41) is 7.81. The van der Waals surface area contributed by atoms with Gasteiger partial charge in [0.15, 0.2) is 0 Å². The van der Waals surface area contributed by atoms with Crippen molar-refractivity contribution < 1.29 is 0 Å². The van der Waals surface area contributed by atoms with Gasteiger partial charge >= 0.3 is 0 Å². The average molecular weight is 847 g/mol. The summed E-state index contributed by atoms with van der Waals surface area (Å²) in [5.41, 5.74) is 19.5. The van der Waals surface area contributed by atoms with Gasteiger partial charge in [0.2, 0.25) is 0 Å². The lowest BCUT2D eigenvalue weighted by molar-refractivity contribution is 0.0977. The van der Waals surface area contributed by atoms with E-state index in [0.717, 1.165) is 22.7 Å². The molecule has 1 aliphatic carbocycles. The Labute approximate surface area is 387 Å². The largest absolute Gasteiger partial charge is 0.310 e. The summed E-state index contributed by atoms with van der Waals surface area (Å²) < 4.78 is 0. The topological polar surface area (TPSA) is 6.48 Å². The minimum absolute atomic E-state index is 0.175. The molecule has 65 heavy (non-hydrogen) atoms. The predicted octanol–water partition coefficient (Wildman–Crippen LogP) is 18.3. The molecule has 0 bridgehead atoms. The molecule has 324 valence electrons. The lowest BCUT2D eigenvalue weighted by Crippen LogP contribution is -2.50. The third-order valence-electron chi connectivity index (χ3n) is 14.6. The van der Waals surface area contributed by atoms with Gasteiger partial charge in [0, 0.05) is 39.5 Å². The van der Waals surface area contributed by atoms with Crippen LogP contribution in [0.2, 0.25) is 0 Å². The Hall–Kier alpha value is -6.64. The molecule has 0 fully saturated rings. The molecule has 9 aromatic carbocycles. The molecular weight excluding hydrogens is 785 g/mol. The Kier molecular flexibility index (Phi) is 9.92. The molecule has 0 aliphatic heterocycles. The molecule has 1 aliphatic rings. The highest BCUT2D eigenvalue weighted by atomic mass is 15.1. The van der Waals surface area contributed by atoms with E-state index in [9.17, 15) is 0 Å². The molecule has 10 rings (SSSR count). The van der Waals surface area contributed by atoms with Gasteiger partial charge in [0.1, 0.15) is 0 Å². The van der Waals surface area contributed by atoms with Gasteiger partial charge in [-0.2, -0.15) is 0 Å². The SMILES string of the molecule is Cc1ccc(N(c2ccc3c4c(ccc3c2)-c2c(c3ccc(N(c5ccc(C)cc5)c5cc(C)ccc5C)cc3c3ccccc23)C4(C(C)(C)C)C(C)(C)C)c2cc(C)ccc2C)cc1. The van der Waals surface area contributed by atoms with E-state index in [4.69, 9.17) is 0 Å². The Bertz CT molecular complexity index is 3320. The summed E-state index contributed by atoms with van der Waals surface area (Å²) in [7, 11) is 0. The summed E-state index contributed by atoms with van der Waals surface area (Å²) in [4.78, 5) is 4.91. The fourth-order valence-electron chi connectivity index (χ4n) is 12.0. The van der Waals surface area contributed by atoms with Crippen LogP contribution in [0.25, 0.3) is 43.4 Å². The summed E-state index contributed by atoms with van der Waals surface area (Å²) in [6.45, 7) is 28.1. The Morgan fingerprint density at radius 1 is 0.354 bits per heavy atom. The Morgan fingerprint density at radius 3 is 1.34 bits per heavy atom. The van der Waals surface area contributed by atoms with Crippen molar-refractivity contribution >= 4 is 66.4 Å². The number of fused-ring (bicyclic) bond motifs is 10. The maximum atomic E-state index is 2.49. The van der Waals surface area contributed by atoms with Crippen LogP contribution in [-0.2, 0) is 5.41 Å². The van der Waals surface area contributed by atoms with E-state index in [1.165, 1.54) is 99.3 Å². The number of hydrogen-bond donors (Lipinski definition) is 0. The second-order valence-electron chi connectivity index (χ2n) is 21.1. The minimum Gasteiger partial charge on any atom is -0.310 e. The molecule has 2 heteroatoms. The van der Waals surface area contributed by atoms with Crippen LogP contribution in [0.1, 0.15) is 86.1 Å². The van der Waals surface area contributed by atoms with Crippen LogP contribution in [-0.4, -0.2) is 0 Å². The molecule has 0 N–H and O–H groups in total. The van der Waals surface area contributed by atoms with E-state index >= 15 is 0 Å². The van der Waals surface area contributed by atoms with E-state index < -0.39 is 0 Å². The van der Waals surface area contributed by atoms with Gasteiger partial charge in [0.25, 0.3) is 0 Å². The van der Waals surface area contributed by atoms with Gasteiger partial charge < -0.3 is 9.80 Å². The van der Waals surface area contributed by atoms with Crippen LogP contribution in [0.15, 0.2) is 158 Å². The third-order valence-corrected chi connectivity index (χ3v) is 14.6. The van der Waals surface area contributed by atoms with Gasteiger partial charge in [0.05, 0.1) is 0 Å². The lowest BCUT2D eigenvalue weighted by atomic mass is 9.49. The number of rotatable bonds is 6.